The molecule has 1 aliphatic rings. The van der Waals surface area contributed by atoms with E-state index in [1.165, 1.54) is 19.3 Å². The number of nitrogens with zero attached hydrogens (tertiary/aromatic N) is 1. The van der Waals surface area contributed by atoms with Gasteiger partial charge in [0.15, 0.2) is 0 Å². The van der Waals surface area contributed by atoms with Crippen LogP contribution in [0.1, 0.15) is 47.0 Å². The van der Waals surface area contributed by atoms with Crippen LogP contribution in [-0.2, 0) is 0 Å². The van der Waals surface area contributed by atoms with Crippen molar-refractivity contribution >= 4 is 23.1 Å². The van der Waals surface area contributed by atoms with Crippen LogP contribution in [0.5, 0.6) is 0 Å². The smallest absolute Gasteiger partial charge is 1.00 e. The Morgan fingerprint density at radius 3 is 1.38 bits per heavy atom. The number of rotatable bonds is 0. The van der Waals surface area contributed by atoms with Gasteiger partial charge in [0.05, 0.1) is 0 Å². The van der Waals surface area contributed by atoms with Gasteiger partial charge >= 0.3 is 23.1 Å². The van der Waals surface area contributed by atoms with Gasteiger partial charge in [-0.3, -0.25) is 0 Å². The van der Waals surface area contributed by atoms with Crippen LogP contribution in [0.4, 0.5) is 0 Å². The maximum absolute atomic E-state index is 4.75. The maximum atomic E-state index is 4.75. The first kappa shape index (κ1) is 19.5. The van der Waals surface area contributed by atoms with Crippen molar-refractivity contribution in [1.29, 1.82) is 0 Å². The molecule has 0 aromatic rings. The number of piperidine rings is 1. The minimum atomic E-state index is 0. The second kappa shape index (κ2) is 6.46. The summed E-state index contributed by atoms with van der Waals surface area (Å²) in [7, 11) is 0. The average Bonchev–Trinajstić information content (AvgIpc) is 1.56. The Morgan fingerprint density at radius 1 is 0.923 bits per heavy atom. The molecule has 4 heteroatoms. The standard InChI is InChI=1S/C9H18N.ClH.Mg.H2O/c1-8(2)6-5-7-9(3,4)10-8;;;/h5-7H2,1-4H3;1H;;1H2/q-1;;+2;/p-2. The zero-order valence-corrected chi connectivity index (χ0v) is 11.3. The Bertz CT molecular complexity index is 126. The van der Waals surface area contributed by atoms with Crippen LogP contribution in [0.25, 0.3) is 5.32 Å². The first-order valence-corrected chi connectivity index (χ1v) is 4.15. The Hall–Kier alpha value is 0.976. The molecule has 0 unspecified atom stereocenters. The van der Waals surface area contributed by atoms with E-state index in [0.29, 0.717) is 0 Å². The summed E-state index contributed by atoms with van der Waals surface area (Å²) >= 11 is 0. The molecule has 1 N–H and O–H groups in total. The van der Waals surface area contributed by atoms with Gasteiger partial charge in [-0.05, 0) is 0 Å². The van der Waals surface area contributed by atoms with Gasteiger partial charge < -0.3 is 23.2 Å². The van der Waals surface area contributed by atoms with Crippen molar-refractivity contribution in [3.63, 3.8) is 0 Å². The van der Waals surface area contributed by atoms with Crippen LogP contribution in [-0.4, -0.2) is 39.6 Å². The van der Waals surface area contributed by atoms with Gasteiger partial charge in [0.2, 0.25) is 0 Å². The third-order valence-electron chi connectivity index (χ3n) is 2.18. The van der Waals surface area contributed by atoms with E-state index in [9.17, 15) is 0 Å². The first-order chi connectivity index (χ1) is 4.41. The third-order valence-corrected chi connectivity index (χ3v) is 2.18. The number of hydrogen-bond donors (Lipinski definition) is 0. The predicted molar refractivity (Wildman–Crippen MR) is 53.1 cm³/mol. The van der Waals surface area contributed by atoms with Crippen molar-refractivity contribution < 1.29 is 17.9 Å². The molecular formula is C9H19ClMgNO-. The van der Waals surface area contributed by atoms with Crippen LogP contribution in [0.3, 0.4) is 0 Å². The first-order valence-electron chi connectivity index (χ1n) is 4.15. The molecule has 2 nitrogen and oxygen atoms in total. The monoisotopic (exact) mass is 216 g/mol. The molecule has 0 spiro atoms. The largest absolute Gasteiger partial charge is 2.00 e. The Labute approximate surface area is 104 Å². The van der Waals surface area contributed by atoms with Gasteiger partial charge in [-0.2, -0.15) is 0 Å². The molecule has 0 amide bonds. The molecule has 0 aliphatic carbocycles. The van der Waals surface area contributed by atoms with E-state index in [0.717, 1.165) is 0 Å². The van der Waals surface area contributed by atoms with E-state index in [-0.39, 0.29) is 52.0 Å². The number of halogens is 1. The second-order valence-electron chi connectivity index (χ2n) is 4.59. The Balaban J connectivity index is -0.000000333. The molecule has 13 heavy (non-hydrogen) atoms. The fourth-order valence-corrected chi connectivity index (χ4v) is 1.88. The minimum Gasteiger partial charge on any atom is -1.00 e. The van der Waals surface area contributed by atoms with Crippen molar-refractivity contribution in [1.82, 2.24) is 0 Å². The molecule has 0 saturated carbocycles. The van der Waals surface area contributed by atoms with Crippen molar-refractivity contribution in [3.8, 4) is 0 Å². The fraction of sp³-hybridized carbons (Fsp3) is 1.00. The van der Waals surface area contributed by atoms with E-state index in [2.05, 4.69) is 27.7 Å². The molecule has 0 aromatic carbocycles. The fourth-order valence-electron chi connectivity index (χ4n) is 1.88. The normalized spacial score (nSPS) is 23.1. The Morgan fingerprint density at radius 2 is 1.23 bits per heavy atom. The minimum absolute atomic E-state index is 0. The molecule has 1 saturated heterocycles. The quantitative estimate of drug-likeness (QED) is 0.506. The molecular weight excluding hydrogens is 198 g/mol. The van der Waals surface area contributed by atoms with Crippen LogP contribution in [0.2, 0.25) is 0 Å². The van der Waals surface area contributed by atoms with E-state index >= 15 is 0 Å². The van der Waals surface area contributed by atoms with E-state index < -0.39 is 0 Å². The van der Waals surface area contributed by atoms with E-state index in [1.54, 1.807) is 0 Å². The van der Waals surface area contributed by atoms with Crippen molar-refractivity contribution in [3.05, 3.63) is 5.32 Å². The third kappa shape index (κ3) is 6.97. The van der Waals surface area contributed by atoms with E-state index in [1.807, 2.05) is 0 Å². The molecule has 0 atom stereocenters. The molecule has 1 fully saturated rings. The van der Waals surface area contributed by atoms with Gasteiger partial charge in [0.1, 0.15) is 0 Å². The zero-order chi connectivity index (χ0) is 7.83. The second-order valence-corrected chi connectivity index (χ2v) is 4.59. The summed E-state index contributed by atoms with van der Waals surface area (Å²) in [5.41, 5.74) is 0.476. The van der Waals surface area contributed by atoms with Crippen LogP contribution in [0.15, 0.2) is 0 Å². The molecule has 0 radical (unpaired) electrons. The summed E-state index contributed by atoms with van der Waals surface area (Å²) in [6, 6.07) is 0. The summed E-state index contributed by atoms with van der Waals surface area (Å²) in [6.07, 6.45) is 3.86. The van der Waals surface area contributed by atoms with Crippen molar-refractivity contribution in [2.45, 2.75) is 58.0 Å². The zero-order valence-electron chi connectivity index (χ0n) is 9.10. The maximum Gasteiger partial charge on any atom is 2.00 e. The summed E-state index contributed by atoms with van der Waals surface area (Å²) < 4.78 is 0. The Kier molecular flexibility index (Phi) is 9.70. The molecule has 0 bridgehead atoms. The average molecular weight is 217 g/mol. The van der Waals surface area contributed by atoms with Crippen molar-refractivity contribution in [2.75, 3.05) is 0 Å². The molecule has 1 rings (SSSR count). The van der Waals surface area contributed by atoms with E-state index in [4.69, 9.17) is 5.32 Å². The summed E-state index contributed by atoms with van der Waals surface area (Å²) in [6.45, 7) is 8.92. The number of hydrogen-bond acceptors (Lipinski definition) is 1. The summed E-state index contributed by atoms with van der Waals surface area (Å²) in [5.74, 6) is 0. The SMILES string of the molecule is CC1(C)CCCC(C)(C)[N-]1.[Cl-].[Mg+2].[OH-]. The van der Waals surface area contributed by atoms with Gasteiger partial charge in [-0.15, -0.1) is 11.1 Å². The predicted octanol–water partition coefficient (Wildman–Crippen LogP) is -0.452. The molecule has 1 aliphatic heterocycles. The summed E-state index contributed by atoms with van der Waals surface area (Å²) in [4.78, 5) is 0. The molecule has 1 heterocycles. The van der Waals surface area contributed by atoms with Crippen molar-refractivity contribution in [2.24, 2.45) is 0 Å². The van der Waals surface area contributed by atoms with Crippen LogP contribution in [0, 0.1) is 0 Å². The van der Waals surface area contributed by atoms with Gasteiger partial charge in [0, 0.05) is 0 Å². The molecule has 0 aromatic heterocycles. The van der Waals surface area contributed by atoms with Gasteiger partial charge in [0.25, 0.3) is 0 Å². The topological polar surface area (TPSA) is 44.1 Å². The summed E-state index contributed by atoms with van der Waals surface area (Å²) in [5, 5.41) is 4.75. The van der Waals surface area contributed by atoms with Crippen LogP contribution < -0.4 is 12.4 Å². The molecule has 76 valence electrons. The van der Waals surface area contributed by atoms with Gasteiger partial charge in [-0.1, -0.05) is 47.0 Å². The van der Waals surface area contributed by atoms with Gasteiger partial charge in [-0.25, -0.2) is 0 Å². The van der Waals surface area contributed by atoms with Crippen LogP contribution >= 0.6 is 0 Å².